The van der Waals surface area contributed by atoms with Crippen LogP contribution in [0.5, 0.6) is 0 Å². The second-order valence-corrected chi connectivity index (χ2v) is 4.36. The Hall–Kier alpha value is -1.71. The number of hydrogen-bond acceptors (Lipinski definition) is 3. The molecule has 0 radical (unpaired) electrons. The zero-order valence-electron chi connectivity index (χ0n) is 10.5. The molecule has 0 unspecified atom stereocenters. The van der Waals surface area contributed by atoms with Crippen LogP contribution in [-0.4, -0.2) is 23.3 Å². The van der Waals surface area contributed by atoms with Gasteiger partial charge in [0, 0.05) is 18.5 Å². The molecular formula is C13H20N4. The molecule has 2 aromatic rings. The van der Waals surface area contributed by atoms with Gasteiger partial charge in [0.1, 0.15) is 0 Å². The van der Waals surface area contributed by atoms with Gasteiger partial charge in [-0.15, -0.1) is 0 Å². The minimum Gasteiger partial charge on any atom is -0.397 e. The second-order valence-electron chi connectivity index (χ2n) is 4.36. The summed E-state index contributed by atoms with van der Waals surface area (Å²) in [6.45, 7) is 6.45. The number of fused-ring (bicyclic) bond motifs is 1. The topological polar surface area (TPSA) is 57.9 Å². The molecule has 4 nitrogen and oxygen atoms in total. The van der Waals surface area contributed by atoms with E-state index in [4.69, 9.17) is 5.73 Å². The number of nitrogens with two attached hydrogens (primary N) is 1. The molecule has 1 aromatic carbocycles. The molecule has 1 aromatic heterocycles. The lowest BCUT2D eigenvalue weighted by molar-refractivity contribution is 0.746. The number of nitrogen functional groups attached to an aromatic ring is 1. The van der Waals surface area contributed by atoms with Gasteiger partial charge in [-0.3, -0.25) is 5.10 Å². The molecule has 0 aliphatic rings. The van der Waals surface area contributed by atoms with Crippen molar-refractivity contribution in [2.24, 2.45) is 0 Å². The van der Waals surface area contributed by atoms with Gasteiger partial charge >= 0.3 is 0 Å². The maximum atomic E-state index is 6.12. The van der Waals surface area contributed by atoms with Crippen LogP contribution in [0.25, 0.3) is 10.9 Å². The van der Waals surface area contributed by atoms with Crippen molar-refractivity contribution >= 4 is 22.3 Å². The highest BCUT2D eigenvalue weighted by Crippen LogP contribution is 2.28. The van der Waals surface area contributed by atoms with Crippen LogP contribution in [-0.2, 0) is 0 Å². The molecule has 2 rings (SSSR count). The van der Waals surface area contributed by atoms with Crippen molar-refractivity contribution in [3.8, 4) is 0 Å². The molecule has 0 atom stereocenters. The van der Waals surface area contributed by atoms with Crippen molar-refractivity contribution in [1.29, 1.82) is 0 Å². The van der Waals surface area contributed by atoms with Crippen molar-refractivity contribution in [2.75, 3.05) is 23.7 Å². The lowest BCUT2D eigenvalue weighted by Gasteiger charge is -2.25. The van der Waals surface area contributed by atoms with E-state index >= 15 is 0 Å². The van der Waals surface area contributed by atoms with Gasteiger partial charge in [-0.05, 0) is 25.0 Å². The number of H-pyrrole nitrogens is 1. The predicted octanol–water partition coefficient (Wildman–Crippen LogP) is 2.77. The van der Waals surface area contributed by atoms with E-state index in [1.54, 1.807) is 6.20 Å². The van der Waals surface area contributed by atoms with Gasteiger partial charge in [0.05, 0.1) is 23.1 Å². The third-order valence-corrected chi connectivity index (χ3v) is 2.92. The summed E-state index contributed by atoms with van der Waals surface area (Å²) >= 11 is 0. The fraction of sp³-hybridized carbons (Fsp3) is 0.462. The Kier molecular flexibility index (Phi) is 3.52. The summed E-state index contributed by atoms with van der Waals surface area (Å²) in [4.78, 5) is 2.34. The maximum Gasteiger partial charge on any atom is 0.0672 e. The lowest BCUT2D eigenvalue weighted by atomic mass is 10.1. The Labute approximate surface area is 102 Å². The minimum absolute atomic E-state index is 0.834. The molecular weight excluding hydrogens is 212 g/mol. The third-order valence-electron chi connectivity index (χ3n) is 2.92. The fourth-order valence-corrected chi connectivity index (χ4v) is 2.16. The zero-order chi connectivity index (χ0) is 12.3. The Morgan fingerprint density at radius 2 is 1.94 bits per heavy atom. The molecule has 0 aliphatic heterocycles. The fourth-order valence-electron chi connectivity index (χ4n) is 2.16. The zero-order valence-corrected chi connectivity index (χ0v) is 10.5. The number of hydrogen-bond donors (Lipinski definition) is 2. The molecule has 3 N–H and O–H groups in total. The van der Waals surface area contributed by atoms with Crippen LogP contribution < -0.4 is 10.6 Å². The van der Waals surface area contributed by atoms with Gasteiger partial charge in [0.25, 0.3) is 0 Å². The highest BCUT2D eigenvalue weighted by molar-refractivity contribution is 5.88. The van der Waals surface area contributed by atoms with E-state index in [1.807, 2.05) is 6.07 Å². The number of anilines is 2. The van der Waals surface area contributed by atoms with Gasteiger partial charge in [0.2, 0.25) is 0 Å². The second kappa shape index (κ2) is 5.08. The lowest BCUT2D eigenvalue weighted by Crippen LogP contribution is -2.25. The number of benzene rings is 1. The van der Waals surface area contributed by atoms with Crippen LogP contribution in [0.2, 0.25) is 0 Å². The van der Waals surface area contributed by atoms with Gasteiger partial charge < -0.3 is 10.6 Å². The van der Waals surface area contributed by atoms with Crippen molar-refractivity contribution in [1.82, 2.24) is 10.2 Å². The van der Waals surface area contributed by atoms with Crippen LogP contribution in [0.1, 0.15) is 26.7 Å². The quantitative estimate of drug-likeness (QED) is 0.779. The van der Waals surface area contributed by atoms with E-state index in [9.17, 15) is 0 Å². The number of rotatable bonds is 5. The maximum absolute atomic E-state index is 6.12. The number of nitrogens with zero attached hydrogens (tertiary/aromatic N) is 2. The average Bonchev–Trinajstić information content (AvgIpc) is 2.74. The molecule has 4 heteroatoms. The Balaban J connectivity index is 2.39. The van der Waals surface area contributed by atoms with E-state index in [-0.39, 0.29) is 0 Å². The smallest absolute Gasteiger partial charge is 0.0672 e. The van der Waals surface area contributed by atoms with Crippen LogP contribution in [0.3, 0.4) is 0 Å². The van der Waals surface area contributed by atoms with E-state index in [0.29, 0.717) is 0 Å². The molecule has 0 amide bonds. The molecule has 1 heterocycles. The van der Waals surface area contributed by atoms with Crippen molar-refractivity contribution in [3.63, 3.8) is 0 Å². The highest BCUT2D eigenvalue weighted by Gasteiger charge is 2.10. The van der Waals surface area contributed by atoms with E-state index < -0.39 is 0 Å². The number of aromatic nitrogens is 2. The highest BCUT2D eigenvalue weighted by atomic mass is 15.1. The molecule has 0 saturated heterocycles. The number of aromatic amines is 1. The van der Waals surface area contributed by atoms with Gasteiger partial charge in [0.15, 0.2) is 0 Å². The SMILES string of the molecule is CCCN(CCC)c1cc2[nH]ncc2cc1N. The normalized spacial score (nSPS) is 10.9. The molecule has 0 bridgehead atoms. The first kappa shape index (κ1) is 11.8. The van der Waals surface area contributed by atoms with E-state index in [2.05, 4.69) is 35.0 Å². The summed E-state index contributed by atoms with van der Waals surface area (Å²) in [5.74, 6) is 0. The van der Waals surface area contributed by atoms with Gasteiger partial charge in [-0.1, -0.05) is 13.8 Å². The standard InChI is InChI=1S/C13H20N4/c1-3-5-17(6-4-2)13-8-12-10(7-11(13)14)9-15-16-12/h7-9H,3-6,14H2,1-2H3,(H,15,16). The van der Waals surface area contributed by atoms with Crippen LogP contribution >= 0.6 is 0 Å². The van der Waals surface area contributed by atoms with Crippen molar-refractivity contribution in [3.05, 3.63) is 18.3 Å². The van der Waals surface area contributed by atoms with E-state index in [1.165, 1.54) is 0 Å². The predicted molar refractivity (Wildman–Crippen MR) is 73.3 cm³/mol. The summed E-state index contributed by atoms with van der Waals surface area (Å²) in [7, 11) is 0. The first-order valence-corrected chi connectivity index (χ1v) is 6.23. The summed E-state index contributed by atoms with van der Waals surface area (Å²) in [5.41, 5.74) is 9.12. The summed E-state index contributed by atoms with van der Waals surface area (Å²) in [6, 6.07) is 4.09. The first-order chi connectivity index (χ1) is 8.26. The summed E-state index contributed by atoms with van der Waals surface area (Å²) < 4.78 is 0. The van der Waals surface area contributed by atoms with Crippen molar-refractivity contribution < 1.29 is 0 Å². The van der Waals surface area contributed by atoms with Gasteiger partial charge in [-0.25, -0.2) is 0 Å². The average molecular weight is 232 g/mol. The molecule has 0 aliphatic carbocycles. The van der Waals surface area contributed by atoms with Crippen LogP contribution in [0, 0.1) is 0 Å². The molecule has 0 saturated carbocycles. The third kappa shape index (κ3) is 2.35. The molecule has 92 valence electrons. The Morgan fingerprint density at radius 1 is 1.24 bits per heavy atom. The summed E-state index contributed by atoms with van der Waals surface area (Å²) in [6.07, 6.45) is 4.06. The van der Waals surface area contributed by atoms with Crippen LogP contribution in [0.4, 0.5) is 11.4 Å². The Morgan fingerprint density at radius 3 is 2.59 bits per heavy atom. The summed E-state index contributed by atoms with van der Waals surface area (Å²) in [5, 5.41) is 8.10. The minimum atomic E-state index is 0.834. The largest absolute Gasteiger partial charge is 0.397 e. The monoisotopic (exact) mass is 232 g/mol. The number of nitrogens with one attached hydrogen (secondary N) is 1. The van der Waals surface area contributed by atoms with Gasteiger partial charge in [-0.2, -0.15) is 5.10 Å². The van der Waals surface area contributed by atoms with E-state index in [0.717, 1.165) is 48.2 Å². The van der Waals surface area contributed by atoms with Crippen molar-refractivity contribution in [2.45, 2.75) is 26.7 Å². The molecule has 0 spiro atoms. The molecule has 17 heavy (non-hydrogen) atoms. The molecule has 0 fully saturated rings. The Bertz CT molecular complexity index is 483. The van der Waals surface area contributed by atoms with Crippen LogP contribution in [0.15, 0.2) is 18.3 Å². The first-order valence-electron chi connectivity index (χ1n) is 6.23.